The predicted octanol–water partition coefficient (Wildman–Crippen LogP) is 2.58. The molecule has 2 aromatic rings. The summed E-state index contributed by atoms with van der Waals surface area (Å²) in [5, 5.41) is 9.71. The van der Waals surface area contributed by atoms with E-state index in [4.69, 9.17) is 9.47 Å². The summed E-state index contributed by atoms with van der Waals surface area (Å²) in [6.45, 7) is 9.35. The molecule has 1 aliphatic rings. The number of amides is 1. The van der Waals surface area contributed by atoms with Crippen LogP contribution in [0.25, 0.3) is 0 Å². The molecule has 2 N–H and O–H groups in total. The number of ether oxygens (including phenoxy) is 2. The van der Waals surface area contributed by atoms with Crippen LogP contribution >= 0.6 is 0 Å². The summed E-state index contributed by atoms with van der Waals surface area (Å²) in [6, 6.07) is 5.78. The molecule has 0 saturated carbocycles. The fraction of sp³-hybridized carbons (Fsp3) is 0.565. The number of hydrogen-bond acceptors (Lipinski definition) is 6. The Morgan fingerprint density at radius 3 is 2.61 bits per heavy atom. The Kier molecular flexibility index (Phi) is 8.36. The molecule has 0 bridgehead atoms. The van der Waals surface area contributed by atoms with Crippen LogP contribution < -0.4 is 14.8 Å². The normalized spacial score (nSPS) is 17.0. The van der Waals surface area contributed by atoms with Gasteiger partial charge in [0, 0.05) is 19.6 Å². The minimum atomic E-state index is -3.70. The molecule has 3 rings (SSSR count). The Labute approximate surface area is 195 Å². The van der Waals surface area contributed by atoms with Crippen LogP contribution in [-0.2, 0) is 21.2 Å². The number of aromatic nitrogens is 2. The summed E-state index contributed by atoms with van der Waals surface area (Å²) in [7, 11) is -3.70. The number of carbonyl (C=O) groups is 1. The van der Waals surface area contributed by atoms with Gasteiger partial charge in [-0.2, -0.15) is 9.40 Å². The van der Waals surface area contributed by atoms with Gasteiger partial charge in [0.05, 0.1) is 30.5 Å². The van der Waals surface area contributed by atoms with Gasteiger partial charge in [0.25, 0.3) is 0 Å². The lowest BCUT2D eigenvalue weighted by atomic mass is 9.99. The molecule has 33 heavy (non-hydrogen) atoms. The van der Waals surface area contributed by atoms with Crippen molar-refractivity contribution in [3.8, 4) is 11.5 Å². The third kappa shape index (κ3) is 5.86. The molecule has 182 valence electrons. The van der Waals surface area contributed by atoms with Gasteiger partial charge in [-0.3, -0.25) is 9.89 Å². The van der Waals surface area contributed by atoms with Crippen molar-refractivity contribution in [3.05, 3.63) is 35.2 Å². The summed E-state index contributed by atoms with van der Waals surface area (Å²) in [4.78, 5) is 13.0. The van der Waals surface area contributed by atoms with Crippen molar-refractivity contribution >= 4 is 15.9 Å². The van der Waals surface area contributed by atoms with Gasteiger partial charge in [-0.1, -0.05) is 6.07 Å². The molecule has 10 heteroatoms. The Morgan fingerprint density at radius 1 is 1.21 bits per heavy atom. The van der Waals surface area contributed by atoms with Crippen LogP contribution in [0.2, 0.25) is 0 Å². The minimum absolute atomic E-state index is 0.119. The molecule has 1 aromatic heterocycles. The van der Waals surface area contributed by atoms with Crippen molar-refractivity contribution in [1.82, 2.24) is 19.8 Å². The maximum atomic E-state index is 13.1. The van der Waals surface area contributed by atoms with Crippen LogP contribution in [0.1, 0.15) is 43.6 Å². The van der Waals surface area contributed by atoms with E-state index in [2.05, 4.69) is 15.5 Å². The van der Waals surface area contributed by atoms with Gasteiger partial charge >= 0.3 is 0 Å². The Morgan fingerprint density at radius 2 is 1.94 bits per heavy atom. The Balaban J connectivity index is 1.58. The monoisotopic (exact) mass is 478 g/mol. The van der Waals surface area contributed by atoms with E-state index in [0.29, 0.717) is 68.5 Å². The molecule has 9 nitrogen and oxygen atoms in total. The van der Waals surface area contributed by atoms with Crippen LogP contribution in [0.3, 0.4) is 0 Å². The van der Waals surface area contributed by atoms with E-state index < -0.39 is 10.0 Å². The van der Waals surface area contributed by atoms with Crippen molar-refractivity contribution in [1.29, 1.82) is 0 Å². The van der Waals surface area contributed by atoms with Gasteiger partial charge in [0.2, 0.25) is 15.9 Å². The Hall–Kier alpha value is -2.59. The van der Waals surface area contributed by atoms with Crippen molar-refractivity contribution < 1.29 is 22.7 Å². The molecule has 1 saturated heterocycles. The molecule has 1 aromatic carbocycles. The molecule has 1 fully saturated rings. The van der Waals surface area contributed by atoms with Gasteiger partial charge in [0.1, 0.15) is 4.90 Å². The maximum Gasteiger partial charge on any atom is 0.246 e. The van der Waals surface area contributed by atoms with E-state index in [1.165, 1.54) is 4.31 Å². The first-order chi connectivity index (χ1) is 15.8. The van der Waals surface area contributed by atoms with E-state index in [9.17, 15) is 13.2 Å². The fourth-order valence-electron chi connectivity index (χ4n) is 4.15. The quantitative estimate of drug-likeness (QED) is 0.543. The summed E-state index contributed by atoms with van der Waals surface area (Å²) >= 11 is 0. The van der Waals surface area contributed by atoms with E-state index in [0.717, 1.165) is 5.56 Å². The van der Waals surface area contributed by atoms with Crippen molar-refractivity contribution in [2.24, 2.45) is 5.92 Å². The van der Waals surface area contributed by atoms with E-state index >= 15 is 0 Å². The molecule has 2 heterocycles. The number of benzene rings is 1. The summed E-state index contributed by atoms with van der Waals surface area (Å²) < 4.78 is 38.9. The molecule has 1 atom stereocenters. The molecule has 0 aliphatic carbocycles. The second kappa shape index (κ2) is 11.0. The summed E-state index contributed by atoms with van der Waals surface area (Å²) in [5.74, 6) is 0.909. The van der Waals surface area contributed by atoms with Crippen molar-refractivity contribution in [3.63, 3.8) is 0 Å². The standard InChI is InChI=1S/C23H34N4O5S/c1-5-31-20-10-9-18(14-21(20)32-6-2)11-12-24-23(28)19-8-7-13-27(15-19)33(29,30)22-16(3)25-26-17(22)4/h9-10,14,19H,5-8,11-13,15H2,1-4H3,(H,24,28)(H,25,26)/t19-/m1/s1. The highest BCUT2D eigenvalue weighted by Gasteiger charge is 2.35. The third-order valence-electron chi connectivity index (χ3n) is 5.73. The summed E-state index contributed by atoms with van der Waals surface area (Å²) in [6.07, 6.45) is 1.95. The van der Waals surface area contributed by atoms with Crippen LogP contribution in [0.4, 0.5) is 0 Å². The molecule has 0 spiro atoms. The Bertz CT molecular complexity index is 1050. The van der Waals surface area contributed by atoms with E-state index in [1.807, 2.05) is 32.0 Å². The van der Waals surface area contributed by atoms with Gasteiger partial charge in [-0.15, -0.1) is 0 Å². The average molecular weight is 479 g/mol. The average Bonchev–Trinajstić information content (AvgIpc) is 3.14. The van der Waals surface area contributed by atoms with Gasteiger partial charge in [0.15, 0.2) is 11.5 Å². The molecular formula is C23H34N4O5S. The van der Waals surface area contributed by atoms with Crippen LogP contribution in [0, 0.1) is 19.8 Å². The second-order valence-corrected chi connectivity index (χ2v) is 10.0. The topological polar surface area (TPSA) is 114 Å². The first-order valence-corrected chi connectivity index (χ1v) is 12.9. The number of nitrogens with zero attached hydrogens (tertiary/aromatic N) is 2. The lowest BCUT2D eigenvalue weighted by Crippen LogP contribution is -2.45. The van der Waals surface area contributed by atoms with Crippen LogP contribution in [0.15, 0.2) is 23.1 Å². The summed E-state index contributed by atoms with van der Waals surface area (Å²) in [5.41, 5.74) is 1.99. The maximum absolute atomic E-state index is 13.1. The zero-order chi connectivity index (χ0) is 24.0. The van der Waals surface area contributed by atoms with Crippen molar-refractivity contribution in [2.75, 3.05) is 32.8 Å². The number of sulfonamides is 1. The molecule has 0 radical (unpaired) electrons. The molecule has 1 amide bonds. The molecule has 1 aliphatic heterocycles. The zero-order valence-electron chi connectivity index (χ0n) is 19.8. The van der Waals surface area contributed by atoms with Gasteiger partial charge in [-0.05, 0) is 64.7 Å². The number of rotatable bonds is 10. The number of carbonyl (C=O) groups excluding carboxylic acids is 1. The fourth-order valence-corrected chi connectivity index (χ4v) is 6.01. The number of H-pyrrole nitrogens is 1. The number of hydrogen-bond donors (Lipinski definition) is 2. The molecular weight excluding hydrogens is 444 g/mol. The minimum Gasteiger partial charge on any atom is -0.490 e. The highest BCUT2D eigenvalue weighted by Crippen LogP contribution is 2.29. The third-order valence-corrected chi connectivity index (χ3v) is 7.86. The first-order valence-electron chi connectivity index (χ1n) is 11.5. The largest absolute Gasteiger partial charge is 0.490 e. The van der Waals surface area contributed by atoms with Crippen molar-refractivity contribution in [2.45, 2.75) is 51.9 Å². The van der Waals surface area contributed by atoms with Crippen LogP contribution in [-0.4, -0.2) is 61.7 Å². The van der Waals surface area contributed by atoms with Gasteiger partial charge in [-0.25, -0.2) is 8.42 Å². The highest BCUT2D eigenvalue weighted by molar-refractivity contribution is 7.89. The van der Waals surface area contributed by atoms with E-state index in [1.54, 1.807) is 13.8 Å². The van der Waals surface area contributed by atoms with Crippen LogP contribution in [0.5, 0.6) is 11.5 Å². The lowest BCUT2D eigenvalue weighted by molar-refractivity contribution is -0.126. The SMILES string of the molecule is CCOc1ccc(CCNC(=O)[C@@H]2CCCN(S(=O)(=O)c3c(C)n[nH]c3C)C2)cc1OCC. The first kappa shape index (κ1) is 25.0. The predicted molar refractivity (Wildman–Crippen MR) is 125 cm³/mol. The second-order valence-electron chi connectivity index (χ2n) is 8.15. The smallest absolute Gasteiger partial charge is 0.246 e. The van der Waals surface area contributed by atoms with E-state index in [-0.39, 0.29) is 23.3 Å². The van der Waals surface area contributed by atoms with Gasteiger partial charge < -0.3 is 14.8 Å². The number of aryl methyl sites for hydroxylation is 2. The highest BCUT2D eigenvalue weighted by atomic mass is 32.2. The number of piperidine rings is 1. The number of aromatic amines is 1. The number of nitrogens with one attached hydrogen (secondary N) is 2. The zero-order valence-corrected chi connectivity index (χ0v) is 20.6. The molecule has 0 unspecified atom stereocenters. The lowest BCUT2D eigenvalue weighted by Gasteiger charge is -2.31.